The van der Waals surface area contributed by atoms with Gasteiger partial charge in [0.05, 0.1) is 6.04 Å². The summed E-state index contributed by atoms with van der Waals surface area (Å²) in [6.45, 7) is 4.20. The predicted molar refractivity (Wildman–Crippen MR) is 70.5 cm³/mol. The van der Waals surface area contributed by atoms with E-state index in [9.17, 15) is 0 Å². The second-order valence-corrected chi connectivity index (χ2v) is 4.86. The zero-order valence-electron chi connectivity index (χ0n) is 9.81. The van der Waals surface area contributed by atoms with Gasteiger partial charge in [-0.05, 0) is 25.5 Å². The molecule has 0 spiro atoms. The van der Waals surface area contributed by atoms with Crippen molar-refractivity contribution >= 4 is 15.9 Å². The third kappa shape index (κ3) is 2.92. The van der Waals surface area contributed by atoms with Crippen LogP contribution in [-0.2, 0) is 0 Å². The zero-order valence-corrected chi connectivity index (χ0v) is 11.4. The van der Waals surface area contributed by atoms with E-state index in [4.69, 9.17) is 0 Å². The topological polar surface area (TPSA) is 53.6 Å². The highest BCUT2D eigenvalue weighted by Crippen LogP contribution is 2.24. The number of hydrogen-bond acceptors (Lipinski definition) is 3. The molecule has 90 valence electrons. The van der Waals surface area contributed by atoms with Gasteiger partial charge in [0.1, 0.15) is 12.2 Å². The van der Waals surface area contributed by atoms with Crippen LogP contribution in [0.25, 0.3) is 0 Å². The minimum Gasteiger partial charge on any atom is -0.301 e. The number of hydrogen-bond donors (Lipinski definition) is 2. The molecule has 4 nitrogen and oxygen atoms in total. The Labute approximate surface area is 109 Å². The van der Waals surface area contributed by atoms with Crippen molar-refractivity contribution in [2.75, 3.05) is 0 Å². The molecule has 0 bridgehead atoms. The predicted octanol–water partition coefficient (Wildman–Crippen LogP) is 2.98. The Morgan fingerprint density at radius 1 is 1.24 bits per heavy atom. The number of halogens is 1. The van der Waals surface area contributed by atoms with Crippen molar-refractivity contribution in [3.05, 3.63) is 46.5 Å². The highest BCUT2D eigenvalue weighted by molar-refractivity contribution is 9.10. The van der Waals surface area contributed by atoms with Crippen molar-refractivity contribution in [3.8, 4) is 0 Å². The minimum atomic E-state index is 0.139. The van der Waals surface area contributed by atoms with E-state index in [2.05, 4.69) is 56.3 Å². The number of aromatic amines is 1. The SMILES string of the molecule is CC(NC(C)c1ccccc1Br)c1ncn[nH]1. The number of rotatable bonds is 4. The van der Waals surface area contributed by atoms with Crippen molar-refractivity contribution in [3.63, 3.8) is 0 Å². The van der Waals surface area contributed by atoms with E-state index < -0.39 is 0 Å². The third-order valence-electron chi connectivity index (χ3n) is 2.72. The smallest absolute Gasteiger partial charge is 0.141 e. The standard InChI is InChI=1S/C12H15BrN4/c1-8(10-5-3-4-6-11(10)13)16-9(2)12-14-7-15-17-12/h3-9,16H,1-2H3,(H,14,15,17). The fourth-order valence-corrected chi connectivity index (χ4v) is 2.42. The summed E-state index contributed by atoms with van der Waals surface area (Å²) in [5.41, 5.74) is 1.24. The molecule has 0 aliphatic heterocycles. The van der Waals surface area contributed by atoms with E-state index in [1.165, 1.54) is 11.9 Å². The fraction of sp³-hybridized carbons (Fsp3) is 0.333. The van der Waals surface area contributed by atoms with Gasteiger partial charge in [0.25, 0.3) is 0 Å². The second-order valence-electron chi connectivity index (χ2n) is 4.00. The minimum absolute atomic E-state index is 0.139. The summed E-state index contributed by atoms with van der Waals surface area (Å²) in [6.07, 6.45) is 1.52. The Bertz CT molecular complexity index is 469. The molecule has 2 aromatic rings. The molecular weight excluding hydrogens is 280 g/mol. The second kappa shape index (κ2) is 5.42. The summed E-state index contributed by atoms with van der Waals surface area (Å²) >= 11 is 3.56. The van der Waals surface area contributed by atoms with Crippen molar-refractivity contribution in [1.29, 1.82) is 0 Å². The first-order valence-corrected chi connectivity index (χ1v) is 6.33. The van der Waals surface area contributed by atoms with E-state index in [0.717, 1.165) is 10.3 Å². The van der Waals surface area contributed by atoms with Crippen LogP contribution < -0.4 is 5.32 Å². The van der Waals surface area contributed by atoms with Gasteiger partial charge in [-0.1, -0.05) is 34.1 Å². The quantitative estimate of drug-likeness (QED) is 0.911. The van der Waals surface area contributed by atoms with E-state index in [1.54, 1.807) is 0 Å². The average Bonchev–Trinajstić information content (AvgIpc) is 2.82. The maximum Gasteiger partial charge on any atom is 0.141 e. The van der Waals surface area contributed by atoms with Crippen molar-refractivity contribution < 1.29 is 0 Å². The summed E-state index contributed by atoms with van der Waals surface area (Å²) in [4.78, 5) is 4.14. The van der Waals surface area contributed by atoms with Crippen molar-refractivity contribution in [1.82, 2.24) is 20.5 Å². The van der Waals surface area contributed by atoms with Gasteiger partial charge < -0.3 is 5.32 Å². The summed E-state index contributed by atoms with van der Waals surface area (Å²) in [5.74, 6) is 0.851. The van der Waals surface area contributed by atoms with Crippen LogP contribution in [0, 0.1) is 0 Å². The summed E-state index contributed by atoms with van der Waals surface area (Å²) < 4.78 is 1.12. The summed E-state index contributed by atoms with van der Waals surface area (Å²) in [7, 11) is 0. The summed E-state index contributed by atoms with van der Waals surface area (Å²) in [6, 6.07) is 8.59. The molecule has 1 aromatic carbocycles. The van der Waals surface area contributed by atoms with Gasteiger partial charge in [0, 0.05) is 10.5 Å². The Kier molecular flexibility index (Phi) is 3.91. The number of H-pyrrole nitrogens is 1. The molecule has 17 heavy (non-hydrogen) atoms. The van der Waals surface area contributed by atoms with E-state index in [1.807, 2.05) is 18.2 Å². The number of aromatic nitrogens is 3. The number of nitrogens with one attached hydrogen (secondary N) is 2. The molecule has 0 amide bonds. The highest BCUT2D eigenvalue weighted by atomic mass is 79.9. The molecule has 1 heterocycles. The van der Waals surface area contributed by atoms with Crippen LogP contribution in [0.2, 0.25) is 0 Å². The molecule has 0 fully saturated rings. The van der Waals surface area contributed by atoms with Crippen LogP contribution in [0.5, 0.6) is 0 Å². The van der Waals surface area contributed by atoms with E-state index >= 15 is 0 Å². The van der Waals surface area contributed by atoms with Gasteiger partial charge in [-0.2, -0.15) is 5.10 Å². The van der Waals surface area contributed by atoms with Crippen LogP contribution in [-0.4, -0.2) is 15.2 Å². The lowest BCUT2D eigenvalue weighted by atomic mass is 10.1. The molecule has 0 radical (unpaired) electrons. The maximum absolute atomic E-state index is 4.14. The summed E-state index contributed by atoms with van der Waals surface area (Å²) in [5, 5.41) is 10.2. The molecule has 0 saturated carbocycles. The van der Waals surface area contributed by atoms with Crippen LogP contribution >= 0.6 is 15.9 Å². The first-order chi connectivity index (χ1) is 8.18. The molecular formula is C12H15BrN4. The van der Waals surface area contributed by atoms with Gasteiger partial charge in [-0.15, -0.1) is 0 Å². The van der Waals surface area contributed by atoms with Crippen LogP contribution in [0.15, 0.2) is 35.1 Å². The van der Waals surface area contributed by atoms with Crippen LogP contribution in [0.1, 0.15) is 37.3 Å². The molecule has 0 aliphatic carbocycles. The van der Waals surface area contributed by atoms with E-state index in [0.29, 0.717) is 0 Å². The fourth-order valence-electron chi connectivity index (χ4n) is 1.79. The van der Waals surface area contributed by atoms with Crippen LogP contribution in [0.3, 0.4) is 0 Å². The van der Waals surface area contributed by atoms with Gasteiger partial charge in [0.15, 0.2) is 0 Å². The van der Waals surface area contributed by atoms with E-state index in [-0.39, 0.29) is 12.1 Å². The first-order valence-electron chi connectivity index (χ1n) is 5.54. The first kappa shape index (κ1) is 12.3. The Balaban J connectivity index is 2.07. The lowest BCUT2D eigenvalue weighted by Crippen LogP contribution is -2.23. The molecule has 5 heteroatoms. The molecule has 1 aromatic heterocycles. The molecule has 0 aliphatic rings. The monoisotopic (exact) mass is 294 g/mol. The van der Waals surface area contributed by atoms with Gasteiger partial charge in [-0.25, -0.2) is 4.98 Å². The number of nitrogens with zero attached hydrogens (tertiary/aromatic N) is 2. The molecule has 2 N–H and O–H groups in total. The normalized spacial score (nSPS) is 14.5. The van der Waals surface area contributed by atoms with Crippen molar-refractivity contribution in [2.45, 2.75) is 25.9 Å². The molecule has 0 saturated heterocycles. The zero-order chi connectivity index (χ0) is 12.3. The third-order valence-corrected chi connectivity index (χ3v) is 3.44. The Hall–Kier alpha value is -1.20. The Morgan fingerprint density at radius 2 is 2.00 bits per heavy atom. The van der Waals surface area contributed by atoms with Gasteiger partial charge >= 0.3 is 0 Å². The molecule has 2 atom stereocenters. The number of benzene rings is 1. The molecule has 2 rings (SSSR count). The van der Waals surface area contributed by atoms with Gasteiger partial charge in [0.2, 0.25) is 0 Å². The highest BCUT2D eigenvalue weighted by Gasteiger charge is 2.14. The largest absolute Gasteiger partial charge is 0.301 e. The van der Waals surface area contributed by atoms with Crippen molar-refractivity contribution in [2.24, 2.45) is 0 Å². The maximum atomic E-state index is 4.14. The van der Waals surface area contributed by atoms with Crippen LogP contribution in [0.4, 0.5) is 0 Å². The average molecular weight is 295 g/mol. The van der Waals surface area contributed by atoms with Gasteiger partial charge in [-0.3, -0.25) is 5.10 Å². The lowest BCUT2D eigenvalue weighted by molar-refractivity contribution is 0.476. The Morgan fingerprint density at radius 3 is 2.65 bits per heavy atom. The lowest BCUT2D eigenvalue weighted by Gasteiger charge is -2.19. The molecule has 2 unspecified atom stereocenters.